The lowest BCUT2D eigenvalue weighted by molar-refractivity contribution is 0.103. The van der Waals surface area contributed by atoms with Gasteiger partial charge in [0.15, 0.2) is 0 Å². The van der Waals surface area contributed by atoms with Gasteiger partial charge in [-0.3, -0.25) is 4.18 Å². The Bertz CT molecular complexity index is 1870. The van der Waals surface area contributed by atoms with Crippen molar-refractivity contribution >= 4 is 25.6 Å². The molecule has 1 N–H and O–H groups in total. The summed E-state index contributed by atoms with van der Waals surface area (Å²) >= 11 is 0. The van der Waals surface area contributed by atoms with Crippen molar-refractivity contribution in [3.05, 3.63) is 112 Å². The van der Waals surface area contributed by atoms with Crippen molar-refractivity contribution in [1.82, 2.24) is 0 Å². The Labute approximate surface area is 252 Å². The summed E-state index contributed by atoms with van der Waals surface area (Å²) in [5.74, 6) is -0.108. The van der Waals surface area contributed by atoms with Crippen molar-refractivity contribution in [3.63, 3.8) is 0 Å². The minimum Gasteiger partial charge on any atom is -0.495 e. The second-order valence-corrected chi connectivity index (χ2v) is 14.7. The van der Waals surface area contributed by atoms with E-state index in [9.17, 15) is 21.2 Å². The Morgan fingerprint density at radius 2 is 1.51 bits per heavy atom. The molecule has 1 aliphatic heterocycles. The molecule has 43 heavy (non-hydrogen) atoms. The first kappa shape index (κ1) is 30.7. The maximum atomic E-state index is 14.0. The van der Waals surface area contributed by atoms with Crippen molar-refractivity contribution in [3.8, 4) is 5.75 Å². The summed E-state index contributed by atoms with van der Waals surface area (Å²) in [5.41, 5.74) is 3.42. The minimum atomic E-state index is -4.03. The van der Waals surface area contributed by atoms with E-state index in [1.807, 2.05) is 13.0 Å². The first-order valence-electron chi connectivity index (χ1n) is 13.9. The van der Waals surface area contributed by atoms with E-state index < -0.39 is 25.6 Å². The topological polar surface area (TPSA) is 98.8 Å². The molecule has 0 radical (unpaired) electrons. The molecule has 0 spiro atoms. The van der Waals surface area contributed by atoms with Gasteiger partial charge in [0, 0.05) is 18.3 Å². The van der Waals surface area contributed by atoms with Crippen LogP contribution in [-0.4, -0.2) is 36.1 Å². The Kier molecular flexibility index (Phi) is 8.39. The van der Waals surface area contributed by atoms with Gasteiger partial charge in [-0.05, 0) is 98.7 Å². The lowest BCUT2D eigenvalue weighted by atomic mass is 9.99. The standard InChI is InChI=1S/C33H34FNO6S2/c1-22-5-11-28(12-6-22)43(38,39)41-33(3)16-15-26-19-32(31(40-4)20-30(26)35-21-33)42(36,37)27-13-9-24(10-14-27)17-25-8-7-23(2)29(34)18-25/h5-14,18-20,35H,15-17,21H2,1-4H3. The molecule has 7 nitrogen and oxygen atoms in total. The van der Waals surface area contributed by atoms with Crippen LogP contribution < -0.4 is 10.1 Å². The number of aryl methyl sites for hydroxylation is 3. The number of ether oxygens (including phenoxy) is 1. The fourth-order valence-electron chi connectivity index (χ4n) is 5.10. The van der Waals surface area contributed by atoms with Crippen molar-refractivity contribution < 1.29 is 30.1 Å². The maximum absolute atomic E-state index is 14.0. The third kappa shape index (κ3) is 6.61. The quantitative estimate of drug-likeness (QED) is 0.227. The van der Waals surface area contributed by atoms with E-state index in [0.29, 0.717) is 36.1 Å². The van der Waals surface area contributed by atoms with Gasteiger partial charge < -0.3 is 10.1 Å². The minimum absolute atomic E-state index is 0.0145. The molecule has 0 amide bonds. The lowest BCUT2D eigenvalue weighted by Gasteiger charge is -2.27. The fraction of sp³-hybridized carbons (Fsp3) is 0.273. The number of hydrogen-bond donors (Lipinski definition) is 1. The molecule has 1 heterocycles. The third-order valence-corrected chi connectivity index (χ3v) is 11.0. The smallest absolute Gasteiger partial charge is 0.297 e. The largest absolute Gasteiger partial charge is 0.495 e. The van der Waals surface area contributed by atoms with Crippen LogP contribution in [0.25, 0.3) is 0 Å². The summed E-state index contributed by atoms with van der Waals surface area (Å²) in [6.45, 7) is 5.49. The molecule has 0 bridgehead atoms. The van der Waals surface area contributed by atoms with Crippen LogP contribution in [-0.2, 0) is 37.0 Å². The zero-order valence-corrected chi connectivity index (χ0v) is 26.1. The van der Waals surface area contributed by atoms with Crippen LogP contribution in [0.1, 0.15) is 41.2 Å². The van der Waals surface area contributed by atoms with E-state index in [2.05, 4.69) is 5.32 Å². The second kappa shape index (κ2) is 11.7. The van der Waals surface area contributed by atoms with Gasteiger partial charge in [-0.1, -0.05) is 42.0 Å². The average Bonchev–Trinajstić information content (AvgIpc) is 3.12. The van der Waals surface area contributed by atoms with Crippen LogP contribution in [0, 0.1) is 19.7 Å². The van der Waals surface area contributed by atoms with E-state index in [4.69, 9.17) is 8.92 Å². The predicted octanol–water partition coefficient (Wildman–Crippen LogP) is 6.40. The SMILES string of the molecule is COc1cc2c(cc1S(=O)(=O)c1ccc(Cc3ccc(C)c(F)c3)cc1)CCC(C)(OS(=O)(=O)c1ccc(C)cc1)CN2. The lowest BCUT2D eigenvalue weighted by Crippen LogP contribution is -2.38. The molecule has 0 saturated heterocycles. The predicted molar refractivity (Wildman–Crippen MR) is 163 cm³/mol. The molecule has 4 aromatic rings. The van der Waals surface area contributed by atoms with Crippen LogP contribution in [0.3, 0.4) is 0 Å². The zero-order chi connectivity index (χ0) is 31.0. The molecule has 10 heteroatoms. The number of sulfone groups is 1. The number of methoxy groups -OCH3 is 1. The van der Waals surface area contributed by atoms with Gasteiger partial charge in [-0.15, -0.1) is 0 Å². The van der Waals surface area contributed by atoms with Crippen molar-refractivity contribution in [1.29, 1.82) is 0 Å². The average molecular weight is 624 g/mol. The van der Waals surface area contributed by atoms with E-state index >= 15 is 0 Å². The number of anilines is 1. The van der Waals surface area contributed by atoms with Gasteiger partial charge in [0.1, 0.15) is 22.1 Å². The highest BCUT2D eigenvalue weighted by Gasteiger charge is 2.35. The fourth-order valence-corrected chi connectivity index (χ4v) is 7.79. The Morgan fingerprint density at radius 3 is 2.16 bits per heavy atom. The van der Waals surface area contributed by atoms with Gasteiger partial charge in [0.05, 0.1) is 16.9 Å². The summed E-state index contributed by atoms with van der Waals surface area (Å²) < 4.78 is 78.8. The van der Waals surface area contributed by atoms with Gasteiger partial charge in [0.25, 0.3) is 10.1 Å². The number of nitrogens with one attached hydrogen (secondary N) is 1. The molecule has 0 aromatic heterocycles. The maximum Gasteiger partial charge on any atom is 0.297 e. The molecule has 0 aliphatic carbocycles. The Hall–Kier alpha value is -3.73. The molecule has 226 valence electrons. The van der Waals surface area contributed by atoms with Crippen molar-refractivity contribution in [2.75, 3.05) is 19.0 Å². The summed E-state index contributed by atoms with van der Waals surface area (Å²) in [4.78, 5) is 0.192. The highest BCUT2D eigenvalue weighted by molar-refractivity contribution is 7.91. The van der Waals surface area contributed by atoms with Gasteiger partial charge in [0.2, 0.25) is 9.84 Å². The van der Waals surface area contributed by atoms with Gasteiger partial charge in [-0.2, -0.15) is 8.42 Å². The number of hydrogen-bond acceptors (Lipinski definition) is 7. The highest BCUT2D eigenvalue weighted by Crippen LogP contribution is 2.38. The summed E-state index contributed by atoms with van der Waals surface area (Å²) in [6.07, 6.45) is 1.17. The number of rotatable bonds is 8. The molecule has 0 saturated carbocycles. The van der Waals surface area contributed by atoms with Crippen LogP contribution in [0.5, 0.6) is 5.75 Å². The Balaban J connectivity index is 1.38. The molecule has 5 rings (SSSR count). The molecule has 4 aromatic carbocycles. The van der Waals surface area contributed by atoms with Gasteiger partial charge in [-0.25, -0.2) is 12.8 Å². The first-order chi connectivity index (χ1) is 20.3. The van der Waals surface area contributed by atoms with Crippen LogP contribution in [0.15, 0.2) is 93.5 Å². The van der Waals surface area contributed by atoms with Crippen LogP contribution >= 0.6 is 0 Å². The number of benzene rings is 4. The molecule has 0 fully saturated rings. The molecular weight excluding hydrogens is 589 g/mol. The summed E-state index contributed by atoms with van der Waals surface area (Å²) in [7, 11) is -6.59. The van der Waals surface area contributed by atoms with Crippen LogP contribution in [0.4, 0.5) is 10.1 Å². The normalized spacial score (nSPS) is 17.0. The molecule has 1 aliphatic rings. The number of halogens is 1. The van der Waals surface area contributed by atoms with Crippen molar-refractivity contribution in [2.45, 2.75) is 60.3 Å². The van der Waals surface area contributed by atoms with E-state index in [0.717, 1.165) is 16.7 Å². The zero-order valence-electron chi connectivity index (χ0n) is 24.5. The highest BCUT2D eigenvalue weighted by atomic mass is 32.2. The van der Waals surface area contributed by atoms with E-state index in [1.54, 1.807) is 68.4 Å². The van der Waals surface area contributed by atoms with Gasteiger partial charge >= 0.3 is 0 Å². The second-order valence-electron chi connectivity index (χ2n) is 11.2. The summed E-state index contributed by atoms with van der Waals surface area (Å²) in [5, 5.41) is 3.24. The third-order valence-electron chi connectivity index (χ3n) is 7.75. The number of fused-ring (bicyclic) bond motifs is 1. The van der Waals surface area contributed by atoms with Crippen molar-refractivity contribution in [2.24, 2.45) is 0 Å². The first-order valence-corrected chi connectivity index (χ1v) is 16.7. The molecular formula is C33H34FNO6S2. The van der Waals surface area contributed by atoms with E-state index in [-0.39, 0.29) is 32.8 Å². The van der Waals surface area contributed by atoms with E-state index in [1.165, 1.54) is 25.3 Å². The molecule has 1 unspecified atom stereocenters. The van der Waals surface area contributed by atoms with Crippen LogP contribution in [0.2, 0.25) is 0 Å². The summed E-state index contributed by atoms with van der Waals surface area (Å²) in [6, 6.07) is 21.3. The molecule has 1 atom stereocenters. The Morgan fingerprint density at radius 1 is 0.860 bits per heavy atom. The monoisotopic (exact) mass is 623 g/mol.